The molecule has 6 rings (SSSR count). The van der Waals surface area contributed by atoms with Crippen LogP contribution in [0.3, 0.4) is 0 Å². The van der Waals surface area contributed by atoms with Gasteiger partial charge in [-0.3, -0.25) is 4.79 Å². The number of nitrogens with one attached hydrogen (secondary N) is 1. The molecular formula is C22H26N4O. The van der Waals surface area contributed by atoms with Crippen molar-refractivity contribution in [1.29, 1.82) is 0 Å². The van der Waals surface area contributed by atoms with Crippen molar-refractivity contribution >= 4 is 16.8 Å². The molecule has 3 unspecified atom stereocenters. The fraction of sp³-hybridized carbons (Fsp3) is 0.591. The highest BCUT2D eigenvalue weighted by molar-refractivity contribution is 5.85. The number of aromatic nitrogens is 2. The van der Waals surface area contributed by atoms with E-state index in [2.05, 4.69) is 32.5 Å². The summed E-state index contributed by atoms with van der Waals surface area (Å²) in [6.45, 7) is 0.956. The third-order valence-corrected chi connectivity index (χ3v) is 6.93. The SMILES string of the molecule is O=C(C1CC1)N1C(C2CC2)CNC(C2CC2)C1c1cnnc2ccccc12. The van der Waals surface area contributed by atoms with Crippen LogP contribution >= 0.6 is 0 Å². The summed E-state index contributed by atoms with van der Waals surface area (Å²) in [4.78, 5) is 15.8. The van der Waals surface area contributed by atoms with Gasteiger partial charge in [0, 0.05) is 35.5 Å². The lowest BCUT2D eigenvalue weighted by molar-refractivity contribution is -0.141. The van der Waals surface area contributed by atoms with Crippen molar-refractivity contribution in [2.45, 2.75) is 56.7 Å². The van der Waals surface area contributed by atoms with Crippen LogP contribution in [0.2, 0.25) is 0 Å². The predicted octanol–water partition coefficient (Wildman–Crippen LogP) is 3.07. The van der Waals surface area contributed by atoms with E-state index >= 15 is 0 Å². The molecule has 1 aromatic heterocycles. The van der Waals surface area contributed by atoms with Crippen LogP contribution in [0.25, 0.3) is 10.9 Å². The molecule has 3 saturated carbocycles. The fourth-order valence-electron chi connectivity index (χ4n) is 5.05. The van der Waals surface area contributed by atoms with Crippen molar-refractivity contribution in [3.8, 4) is 0 Å². The van der Waals surface area contributed by atoms with E-state index in [1.807, 2.05) is 18.3 Å². The minimum Gasteiger partial charge on any atom is -0.329 e. The molecule has 0 spiro atoms. The van der Waals surface area contributed by atoms with Gasteiger partial charge in [0.05, 0.1) is 17.8 Å². The molecule has 3 atom stereocenters. The van der Waals surface area contributed by atoms with Gasteiger partial charge in [-0.1, -0.05) is 18.2 Å². The zero-order valence-electron chi connectivity index (χ0n) is 15.6. The minimum atomic E-state index is 0.0883. The molecule has 4 fully saturated rings. The summed E-state index contributed by atoms with van der Waals surface area (Å²) in [7, 11) is 0. The fourth-order valence-corrected chi connectivity index (χ4v) is 5.05. The molecule has 0 radical (unpaired) electrons. The van der Waals surface area contributed by atoms with E-state index < -0.39 is 0 Å². The highest BCUT2D eigenvalue weighted by Crippen LogP contribution is 2.49. The Bertz CT molecular complexity index is 882. The Morgan fingerprint density at radius 2 is 1.81 bits per heavy atom. The molecule has 5 heteroatoms. The van der Waals surface area contributed by atoms with E-state index in [1.54, 1.807) is 0 Å². The van der Waals surface area contributed by atoms with Gasteiger partial charge in [0.1, 0.15) is 0 Å². The maximum absolute atomic E-state index is 13.5. The molecule has 2 aromatic rings. The first kappa shape index (κ1) is 16.0. The second-order valence-electron chi connectivity index (χ2n) is 8.96. The number of nitrogens with zero attached hydrogens (tertiary/aromatic N) is 3. The Hall–Kier alpha value is -2.01. The van der Waals surface area contributed by atoms with Gasteiger partial charge < -0.3 is 10.2 Å². The number of benzene rings is 1. The Morgan fingerprint density at radius 3 is 2.56 bits per heavy atom. The number of hydrogen-bond acceptors (Lipinski definition) is 4. The Morgan fingerprint density at radius 1 is 1.04 bits per heavy atom. The highest BCUT2D eigenvalue weighted by Gasteiger charge is 2.52. The molecule has 27 heavy (non-hydrogen) atoms. The Kier molecular flexibility index (Phi) is 3.55. The normalized spacial score (nSPS) is 31.3. The highest BCUT2D eigenvalue weighted by atomic mass is 16.2. The average molecular weight is 362 g/mol. The molecule has 2 heterocycles. The minimum absolute atomic E-state index is 0.0883. The van der Waals surface area contributed by atoms with Gasteiger partial charge in [0.2, 0.25) is 5.91 Å². The lowest BCUT2D eigenvalue weighted by Crippen LogP contribution is -2.61. The van der Waals surface area contributed by atoms with Crippen LogP contribution in [-0.2, 0) is 4.79 Å². The van der Waals surface area contributed by atoms with E-state index in [9.17, 15) is 4.79 Å². The largest absolute Gasteiger partial charge is 0.329 e. The van der Waals surface area contributed by atoms with Crippen LogP contribution in [-0.4, -0.2) is 39.6 Å². The zero-order chi connectivity index (χ0) is 18.0. The van der Waals surface area contributed by atoms with E-state index in [1.165, 1.54) is 31.2 Å². The topological polar surface area (TPSA) is 58.1 Å². The van der Waals surface area contributed by atoms with Crippen LogP contribution in [0.4, 0.5) is 0 Å². The van der Waals surface area contributed by atoms with Crippen LogP contribution in [0, 0.1) is 17.8 Å². The van der Waals surface area contributed by atoms with Gasteiger partial charge in [-0.05, 0) is 56.4 Å². The number of carbonyl (C=O) groups is 1. The van der Waals surface area contributed by atoms with Gasteiger partial charge in [-0.2, -0.15) is 10.2 Å². The van der Waals surface area contributed by atoms with Crippen molar-refractivity contribution in [2.75, 3.05) is 6.54 Å². The van der Waals surface area contributed by atoms with Gasteiger partial charge in [-0.25, -0.2) is 0 Å². The summed E-state index contributed by atoms with van der Waals surface area (Å²) in [6, 6.07) is 9.02. The van der Waals surface area contributed by atoms with Crippen molar-refractivity contribution in [2.24, 2.45) is 17.8 Å². The smallest absolute Gasteiger partial charge is 0.226 e. The molecule has 1 amide bonds. The first-order valence-electron chi connectivity index (χ1n) is 10.6. The first-order chi connectivity index (χ1) is 13.3. The van der Waals surface area contributed by atoms with Crippen LogP contribution < -0.4 is 5.32 Å². The summed E-state index contributed by atoms with van der Waals surface area (Å²) >= 11 is 0. The van der Waals surface area contributed by atoms with Crippen molar-refractivity contribution in [1.82, 2.24) is 20.4 Å². The molecule has 5 nitrogen and oxygen atoms in total. The molecule has 1 aromatic carbocycles. The zero-order valence-corrected chi connectivity index (χ0v) is 15.6. The van der Waals surface area contributed by atoms with Crippen molar-refractivity contribution < 1.29 is 4.79 Å². The average Bonchev–Trinajstić information content (AvgIpc) is 3.59. The third-order valence-electron chi connectivity index (χ3n) is 6.93. The van der Waals surface area contributed by atoms with Crippen molar-refractivity contribution in [3.05, 3.63) is 36.0 Å². The molecule has 140 valence electrons. The number of piperazine rings is 1. The Balaban J connectivity index is 1.50. The third kappa shape index (κ3) is 2.75. The van der Waals surface area contributed by atoms with Gasteiger partial charge >= 0.3 is 0 Å². The standard InChI is InChI=1S/C22H26N4O/c27-22(15-9-10-15)26-19(13-5-6-13)12-23-20(14-7-8-14)21(26)17-11-24-25-18-4-2-1-3-16(17)18/h1-4,11,13-15,19-21,23H,5-10,12H2. The molecular weight excluding hydrogens is 336 g/mol. The number of amides is 1. The molecule has 1 aliphatic heterocycles. The number of carbonyl (C=O) groups excluding carboxylic acids is 1. The van der Waals surface area contributed by atoms with Gasteiger partial charge in [0.15, 0.2) is 0 Å². The second-order valence-corrected chi connectivity index (χ2v) is 8.96. The number of fused-ring (bicyclic) bond motifs is 1. The van der Waals surface area contributed by atoms with E-state index in [4.69, 9.17) is 0 Å². The number of rotatable bonds is 4. The monoisotopic (exact) mass is 362 g/mol. The summed E-state index contributed by atoms with van der Waals surface area (Å²) < 4.78 is 0. The Labute approximate surface area is 159 Å². The lowest BCUT2D eigenvalue weighted by atomic mass is 9.87. The molecule has 1 saturated heterocycles. The van der Waals surface area contributed by atoms with Gasteiger partial charge in [-0.15, -0.1) is 0 Å². The molecule has 4 aliphatic rings. The lowest BCUT2D eigenvalue weighted by Gasteiger charge is -2.48. The summed E-state index contributed by atoms with van der Waals surface area (Å²) in [5.74, 6) is 2.00. The second kappa shape index (κ2) is 5.99. The van der Waals surface area contributed by atoms with Crippen LogP contribution in [0.5, 0.6) is 0 Å². The van der Waals surface area contributed by atoms with Crippen molar-refractivity contribution in [3.63, 3.8) is 0 Å². The molecule has 3 aliphatic carbocycles. The quantitative estimate of drug-likeness (QED) is 0.908. The van der Waals surface area contributed by atoms with E-state index in [0.29, 0.717) is 29.8 Å². The number of hydrogen-bond donors (Lipinski definition) is 1. The maximum atomic E-state index is 13.5. The predicted molar refractivity (Wildman–Crippen MR) is 103 cm³/mol. The first-order valence-corrected chi connectivity index (χ1v) is 10.6. The van der Waals surface area contributed by atoms with Gasteiger partial charge in [0.25, 0.3) is 0 Å². The summed E-state index contributed by atoms with van der Waals surface area (Å²) in [5, 5.41) is 13.7. The van der Waals surface area contributed by atoms with Crippen LogP contribution in [0.15, 0.2) is 30.5 Å². The maximum Gasteiger partial charge on any atom is 0.226 e. The summed E-state index contributed by atoms with van der Waals surface area (Å²) in [6.07, 6.45) is 9.11. The van der Waals surface area contributed by atoms with E-state index in [-0.39, 0.29) is 12.0 Å². The van der Waals surface area contributed by atoms with E-state index in [0.717, 1.165) is 30.3 Å². The molecule has 0 bridgehead atoms. The van der Waals surface area contributed by atoms with Crippen LogP contribution in [0.1, 0.15) is 50.1 Å². The molecule has 1 N–H and O–H groups in total. The summed E-state index contributed by atoms with van der Waals surface area (Å²) in [5.41, 5.74) is 2.11.